The first kappa shape index (κ1) is 11.7. The number of hydrogen-bond acceptors (Lipinski definition) is 4. The van der Waals surface area contributed by atoms with Gasteiger partial charge in [-0.15, -0.1) is 0 Å². The number of nitrogens with zero attached hydrogens (tertiary/aromatic N) is 2. The molecule has 1 aliphatic heterocycles. The van der Waals surface area contributed by atoms with Gasteiger partial charge < -0.3 is 10.2 Å². The fourth-order valence-corrected chi connectivity index (χ4v) is 3.94. The van der Waals surface area contributed by atoms with Gasteiger partial charge in [0.25, 0.3) is 0 Å². The Morgan fingerprint density at radius 1 is 1.26 bits per heavy atom. The number of rotatable bonds is 4. The Labute approximate surface area is 117 Å². The molecule has 1 aromatic heterocycles. The van der Waals surface area contributed by atoms with Crippen molar-refractivity contribution in [3.05, 3.63) is 24.3 Å². The number of thiazole rings is 1. The monoisotopic (exact) mass is 273 g/mol. The molecule has 0 radical (unpaired) electrons. The smallest absolute Gasteiger partial charge is 0.186 e. The SMILES string of the molecule is c1ccc2sc(N3CCCC3CNC3CC3)nc2c1. The van der Waals surface area contributed by atoms with Crippen LogP contribution in [-0.2, 0) is 0 Å². The van der Waals surface area contributed by atoms with Gasteiger partial charge in [-0.25, -0.2) is 4.98 Å². The molecule has 2 aliphatic rings. The number of para-hydroxylation sites is 1. The van der Waals surface area contributed by atoms with Crippen molar-refractivity contribution in [1.82, 2.24) is 10.3 Å². The van der Waals surface area contributed by atoms with E-state index in [1.54, 1.807) is 0 Å². The molecule has 100 valence electrons. The van der Waals surface area contributed by atoms with Gasteiger partial charge in [0.1, 0.15) is 0 Å². The topological polar surface area (TPSA) is 28.2 Å². The lowest BCUT2D eigenvalue weighted by molar-refractivity contribution is 0.571. The molecular weight excluding hydrogens is 254 g/mol. The van der Waals surface area contributed by atoms with Gasteiger partial charge in [-0.3, -0.25) is 0 Å². The Kier molecular flexibility index (Phi) is 2.93. The van der Waals surface area contributed by atoms with E-state index in [2.05, 4.69) is 34.5 Å². The third kappa shape index (κ3) is 2.35. The van der Waals surface area contributed by atoms with Crippen molar-refractivity contribution in [3.63, 3.8) is 0 Å². The summed E-state index contributed by atoms with van der Waals surface area (Å²) in [5, 5.41) is 4.88. The lowest BCUT2D eigenvalue weighted by atomic mass is 10.2. The Morgan fingerprint density at radius 2 is 2.16 bits per heavy atom. The van der Waals surface area contributed by atoms with Crippen LogP contribution in [0.25, 0.3) is 10.2 Å². The highest BCUT2D eigenvalue weighted by Crippen LogP contribution is 2.33. The first-order valence-electron chi connectivity index (χ1n) is 7.26. The summed E-state index contributed by atoms with van der Waals surface area (Å²) < 4.78 is 1.30. The van der Waals surface area contributed by atoms with Crippen molar-refractivity contribution in [2.24, 2.45) is 0 Å². The van der Waals surface area contributed by atoms with E-state index in [0.29, 0.717) is 6.04 Å². The van der Waals surface area contributed by atoms with Crippen molar-refractivity contribution >= 4 is 26.7 Å². The maximum atomic E-state index is 4.80. The van der Waals surface area contributed by atoms with E-state index in [-0.39, 0.29) is 0 Å². The minimum absolute atomic E-state index is 0.640. The second-order valence-corrected chi connectivity index (χ2v) is 6.65. The zero-order valence-corrected chi connectivity index (χ0v) is 11.8. The molecule has 2 fully saturated rings. The highest BCUT2D eigenvalue weighted by molar-refractivity contribution is 7.22. The van der Waals surface area contributed by atoms with Gasteiger partial charge in [0.2, 0.25) is 0 Å². The van der Waals surface area contributed by atoms with Crippen LogP contribution < -0.4 is 10.2 Å². The lowest BCUT2D eigenvalue weighted by Gasteiger charge is -2.24. The fourth-order valence-electron chi connectivity index (χ4n) is 2.87. The molecule has 0 amide bonds. The average molecular weight is 273 g/mol. The number of anilines is 1. The van der Waals surface area contributed by atoms with Crippen LogP contribution in [0.1, 0.15) is 25.7 Å². The minimum atomic E-state index is 0.640. The molecule has 1 aromatic carbocycles. The Morgan fingerprint density at radius 3 is 3.00 bits per heavy atom. The zero-order chi connectivity index (χ0) is 12.7. The van der Waals surface area contributed by atoms with Crippen molar-refractivity contribution < 1.29 is 0 Å². The Hall–Kier alpha value is -1.13. The predicted molar refractivity (Wildman–Crippen MR) is 81.0 cm³/mol. The number of fused-ring (bicyclic) bond motifs is 1. The number of aromatic nitrogens is 1. The van der Waals surface area contributed by atoms with Crippen LogP contribution in [-0.4, -0.2) is 30.2 Å². The second kappa shape index (κ2) is 4.76. The van der Waals surface area contributed by atoms with Crippen LogP contribution in [0.2, 0.25) is 0 Å². The fraction of sp³-hybridized carbons (Fsp3) is 0.533. The van der Waals surface area contributed by atoms with E-state index >= 15 is 0 Å². The highest BCUT2D eigenvalue weighted by atomic mass is 32.1. The molecular formula is C15H19N3S. The van der Waals surface area contributed by atoms with Gasteiger partial charge in [0.05, 0.1) is 10.2 Å². The summed E-state index contributed by atoms with van der Waals surface area (Å²) in [7, 11) is 0. The van der Waals surface area contributed by atoms with Crippen LogP contribution in [0.15, 0.2) is 24.3 Å². The van der Waals surface area contributed by atoms with Gasteiger partial charge in [0.15, 0.2) is 5.13 Å². The van der Waals surface area contributed by atoms with Gasteiger partial charge in [-0.2, -0.15) is 0 Å². The largest absolute Gasteiger partial charge is 0.344 e. The molecule has 19 heavy (non-hydrogen) atoms. The molecule has 1 saturated carbocycles. The van der Waals surface area contributed by atoms with Crippen molar-refractivity contribution in [2.45, 2.75) is 37.8 Å². The Balaban J connectivity index is 1.55. The molecule has 3 nitrogen and oxygen atoms in total. The molecule has 0 spiro atoms. The summed E-state index contributed by atoms with van der Waals surface area (Å²) in [6, 6.07) is 9.90. The quantitative estimate of drug-likeness (QED) is 0.928. The van der Waals surface area contributed by atoms with E-state index in [1.807, 2.05) is 11.3 Å². The van der Waals surface area contributed by atoms with E-state index in [4.69, 9.17) is 4.98 Å². The summed E-state index contributed by atoms with van der Waals surface area (Å²) in [5.74, 6) is 0. The normalized spacial score (nSPS) is 23.4. The maximum Gasteiger partial charge on any atom is 0.186 e. The van der Waals surface area contributed by atoms with Crippen molar-refractivity contribution in [3.8, 4) is 0 Å². The average Bonchev–Trinajstić information content (AvgIpc) is 3.00. The summed E-state index contributed by atoms with van der Waals surface area (Å²) in [4.78, 5) is 7.32. The van der Waals surface area contributed by atoms with Crippen LogP contribution in [0.3, 0.4) is 0 Å². The first-order valence-corrected chi connectivity index (χ1v) is 8.07. The van der Waals surface area contributed by atoms with Crippen LogP contribution in [0.5, 0.6) is 0 Å². The zero-order valence-electron chi connectivity index (χ0n) is 11.0. The molecule has 0 bridgehead atoms. The molecule has 2 aromatic rings. The molecule has 4 heteroatoms. The lowest BCUT2D eigenvalue weighted by Crippen LogP contribution is -2.38. The van der Waals surface area contributed by atoms with Gasteiger partial charge >= 0.3 is 0 Å². The van der Waals surface area contributed by atoms with Crippen molar-refractivity contribution in [1.29, 1.82) is 0 Å². The third-order valence-corrected chi connectivity index (χ3v) is 5.20. The molecule has 1 saturated heterocycles. The number of hydrogen-bond donors (Lipinski definition) is 1. The molecule has 1 aliphatic carbocycles. The summed E-state index contributed by atoms with van der Waals surface area (Å²) >= 11 is 1.84. The minimum Gasteiger partial charge on any atom is -0.344 e. The number of benzene rings is 1. The molecule has 1 N–H and O–H groups in total. The van der Waals surface area contributed by atoms with E-state index in [0.717, 1.165) is 24.6 Å². The highest BCUT2D eigenvalue weighted by Gasteiger charge is 2.29. The van der Waals surface area contributed by atoms with Gasteiger partial charge in [-0.1, -0.05) is 23.5 Å². The van der Waals surface area contributed by atoms with E-state index in [9.17, 15) is 0 Å². The van der Waals surface area contributed by atoms with Crippen LogP contribution in [0.4, 0.5) is 5.13 Å². The second-order valence-electron chi connectivity index (χ2n) is 5.64. The molecule has 2 heterocycles. The Bertz CT molecular complexity index is 543. The van der Waals surface area contributed by atoms with Crippen LogP contribution in [0, 0.1) is 0 Å². The van der Waals surface area contributed by atoms with E-state index in [1.165, 1.54) is 35.5 Å². The summed E-state index contributed by atoms with van der Waals surface area (Å²) in [5.41, 5.74) is 1.14. The summed E-state index contributed by atoms with van der Waals surface area (Å²) in [6.45, 7) is 2.29. The molecule has 1 atom stereocenters. The predicted octanol–water partition coefficient (Wildman–Crippen LogP) is 3.02. The standard InChI is InChI=1S/C15H19N3S/c1-2-6-14-13(5-1)17-15(19-14)18-9-3-4-12(18)10-16-11-7-8-11/h1-2,5-6,11-12,16H,3-4,7-10H2. The van der Waals surface area contributed by atoms with Gasteiger partial charge in [-0.05, 0) is 37.8 Å². The molecule has 4 rings (SSSR count). The third-order valence-electron chi connectivity index (χ3n) is 4.12. The van der Waals surface area contributed by atoms with Gasteiger partial charge in [0, 0.05) is 25.2 Å². The number of nitrogens with one attached hydrogen (secondary N) is 1. The van der Waals surface area contributed by atoms with E-state index < -0.39 is 0 Å². The first-order chi connectivity index (χ1) is 9.40. The van der Waals surface area contributed by atoms with Crippen LogP contribution >= 0.6 is 11.3 Å². The summed E-state index contributed by atoms with van der Waals surface area (Å²) in [6.07, 6.45) is 5.34. The molecule has 1 unspecified atom stereocenters. The van der Waals surface area contributed by atoms with Crippen molar-refractivity contribution in [2.75, 3.05) is 18.0 Å². The maximum absolute atomic E-state index is 4.80.